The fourth-order valence-corrected chi connectivity index (χ4v) is 1.24. The third-order valence-electron chi connectivity index (χ3n) is 2.07. The van der Waals surface area contributed by atoms with E-state index in [1.165, 1.54) is 6.92 Å². The minimum absolute atomic E-state index is 0. The number of alkyl halides is 6. The van der Waals surface area contributed by atoms with Crippen LogP contribution in [0.25, 0.3) is 0 Å². The minimum atomic E-state index is -4.88. The first-order valence-corrected chi connectivity index (χ1v) is 5.18. The van der Waals surface area contributed by atoms with E-state index in [2.05, 4.69) is 0 Å². The lowest BCUT2D eigenvalue weighted by Gasteiger charge is -2.15. The first-order valence-electron chi connectivity index (χ1n) is 5.18. The van der Waals surface area contributed by atoms with E-state index >= 15 is 0 Å². The van der Waals surface area contributed by atoms with Crippen molar-refractivity contribution in [3.05, 3.63) is 29.3 Å². The maximum Gasteiger partial charge on any atom is 0.416 e. The van der Waals surface area contributed by atoms with E-state index in [4.69, 9.17) is 10.5 Å². The van der Waals surface area contributed by atoms with Gasteiger partial charge in [-0.1, -0.05) is 0 Å². The summed E-state index contributed by atoms with van der Waals surface area (Å²) >= 11 is 0. The molecule has 1 atom stereocenters. The molecule has 1 rings (SSSR count). The summed E-state index contributed by atoms with van der Waals surface area (Å²) in [5.74, 6) is -0.514. The predicted octanol–water partition coefficient (Wildman–Crippen LogP) is 3.87. The smallest absolute Gasteiger partial charge is 0.416 e. The molecule has 0 aliphatic carbocycles. The van der Waals surface area contributed by atoms with Gasteiger partial charge in [0.15, 0.2) is 0 Å². The van der Waals surface area contributed by atoms with Crippen molar-refractivity contribution in [3.63, 3.8) is 0 Å². The van der Waals surface area contributed by atoms with Crippen LogP contribution in [-0.4, -0.2) is 12.6 Å². The average Bonchev–Trinajstić information content (AvgIpc) is 2.23. The minimum Gasteiger partial charge on any atom is -0.492 e. The van der Waals surface area contributed by atoms with E-state index < -0.39 is 35.3 Å². The van der Waals surface area contributed by atoms with Crippen LogP contribution in [0.3, 0.4) is 0 Å². The molecule has 1 unspecified atom stereocenters. The molecule has 0 radical (unpaired) electrons. The first kappa shape index (κ1) is 18.9. The van der Waals surface area contributed by atoms with E-state index in [0.717, 1.165) is 0 Å². The van der Waals surface area contributed by atoms with Gasteiger partial charge in [0.25, 0.3) is 0 Å². The van der Waals surface area contributed by atoms with Gasteiger partial charge in [-0.3, -0.25) is 0 Å². The molecule has 116 valence electrons. The molecule has 1 aromatic rings. The Morgan fingerprint density at radius 3 is 1.70 bits per heavy atom. The van der Waals surface area contributed by atoms with Gasteiger partial charge in [-0.05, 0) is 25.1 Å². The van der Waals surface area contributed by atoms with Gasteiger partial charge in [0.2, 0.25) is 0 Å². The number of hydrogen-bond donors (Lipinski definition) is 1. The molecule has 0 saturated heterocycles. The molecule has 0 aromatic heterocycles. The molecular weight excluding hydrogens is 312 g/mol. The van der Waals surface area contributed by atoms with Crippen molar-refractivity contribution in [3.8, 4) is 5.75 Å². The van der Waals surface area contributed by atoms with Crippen molar-refractivity contribution in [2.45, 2.75) is 25.3 Å². The number of benzene rings is 1. The molecule has 2 nitrogen and oxygen atoms in total. The van der Waals surface area contributed by atoms with Gasteiger partial charge in [-0.2, -0.15) is 26.3 Å². The van der Waals surface area contributed by atoms with Gasteiger partial charge in [0, 0.05) is 6.04 Å². The van der Waals surface area contributed by atoms with Gasteiger partial charge in [-0.25, -0.2) is 0 Å². The molecule has 0 amide bonds. The zero-order valence-corrected chi connectivity index (χ0v) is 11.0. The second-order valence-electron chi connectivity index (χ2n) is 4.03. The van der Waals surface area contributed by atoms with E-state index in [9.17, 15) is 26.3 Å². The normalized spacial score (nSPS) is 13.6. The van der Waals surface area contributed by atoms with E-state index in [1.54, 1.807) is 0 Å². The third kappa shape index (κ3) is 5.46. The summed E-state index contributed by atoms with van der Waals surface area (Å²) in [6.07, 6.45) is -9.76. The van der Waals surface area contributed by atoms with Crippen LogP contribution in [0, 0.1) is 0 Å². The van der Waals surface area contributed by atoms with Gasteiger partial charge >= 0.3 is 12.4 Å². The lowest BCUT2D eigenvalue weighted by molar-refractivity contribution is -0.143. The molecule has 1 aromatic carbocycles. The van der Waals surface area contributed by atoms with Gasteiger partial charge in [-0.15, -0.1) is 12.4 Å². The van der Waals surface area contributed by atoms with Crippen molar-refractivity contribution in [2.75, 3.05) is 6.61 Å². The Hall–Kier alpha value is -1.15. The topological polar surface area (TPSA) is 35.2 Å². The summed E-state index contributed by atoms with van der Waals surface area (Å²) < 4.78 is 79.7. The Balaban J connectivity index is 0.00000361. The second-order valence-corrected chi connectivity index (χ2v) is 4.03. The highest BCUT2D eigenvalue weighted by atomic mass is 35.5. The fourth-order valence-electron chi connectivity index (χ4n) is 1.24. The highest BCUT2D eigenvalue weighted by Gasteiger charge is 2.37. The second kappa shape index (κ2) is 6.53. The molecule has 0 bridgehead atoms. The van der Waals surface area contributed by atoms with Gasteiger partial charge in [0.05, 0.1) is 11.1 Å². The Labute approximate surface area is 117 Å². The first-order chi connectivity index (χ1) is 8.50. The van der Waals surface area contributed by atoms with Crippen LogP contribution in [0.15, 0.2) is 18.2 Å². The van der Waals surface area contributed by atoms with Gasteiger partial charge < -0.3 is 10.5 Å². The summed E-state index contributed by atoms with van der Waals surface area (Å²) in [5.41, 5.74) is 2.49. The lowest BCUT2D eigenvalue weighted by atomic mass is 10.1. The maximum absolute atomic E-state index is 12.5. The zero-order chi connectivity index (χ0) is 14.8. The fraction of sp³-hybridized carbons (Fsp3) is 0.455. The Kier molecular flexibility index (Phi) is 6.16. The Morgan fingerprint density at radius 1 is 1.00 bits per heavy atom. The van der Waals surface area contributed by atoms with E-state index in [1.807, 2.05) is 0 Å². The third-order valence-corrected chi connectivity index (χ3v) is 2.07. The Bertz CT molecular complexity index is 411. The number of ether oxygens (including phenoxy) is 1. The van der Waals surface area contributed by atoms with Crippen LogP contribution in [0.2, 0.25) is 0 Å². The van der Waals surface area contributed by atoms with E-state index in [-0.39, 0.29) is 25.1 Å². The number of rotatable bonds is 3. The molecule has 0 fully saturated rings. The maximum atomic E-state index is 12.5. The molecule has 20 heavy (non-hydrogen) atoms. The molecule has 9 heteroatoms. The predicted molar refractivity (Wildman–Crippen MR) is 62.8 cm³/mol. The van der Waals surface area contributed by atoms with Crippen molar-refractivity contribution >= 4 is 12.4 Å². The molecule has 0 heterocycles. The van der Waals surface area contributed by atoms with Gasteiger partial charge in [0.1, 0.15) is 12.4 Å². The van der Waals surface area contributed by atoms with Crippen molar-refractivity contribution in [2.24, 2.45) is 5.73 Å². The molecular formula is C11H12ClF6NO. The largest absolute Gasteiger partial charge is 0.492 e. The highest BCUT2D eigenvalue weighted by molar-refractivity contribution is 5.85. The molecule has 0 aliphatic rings. The van der Waals surface area contributed by atoms with Crippen molar-refractivity contribution in [1.82, 2.24) is 0 Å². The standard InChI is InChI=1S/C11H11F6NO.ClH/c1-6(18)5-19-9-3-7(10(12,13)14)2-8(4-9)11(15,16)17;/h2-4,6H,5,18H2,1H3;1H. The molecule has 0 spiro atoms. The van der Waals surface area contributed by atoms with E-state index in [0.29, 0.717) is 12.1 Å². The zero-order valence-electron chi connectivity index (χ0n) is 10.2. The average molecular weight is 324 g/mol. The van der Waals surface area contributed by atoms with Crippen LogP contribution >= 0.6 is 12.4 Å². The number of hydrogen-bond acceptors (Lipinski definition) is 2. The van der Waals surface area contributed by atoms with Crippen molar-refractivity contribution < 1.29 is 31.1 Å². The molecule has 2 N–H and O–H groups in total. The summed E-state index contributed by atoms with van der Waals surface area (Å²) in [6, 6.07) is 0.553. The highest BCUT2D eigenvalue weighted by Crippen LogP contribution is 2.38. The SMILES string of the molecule is CC(N)COc1cc(C(F)(F)F)cc(C(F)(F)F)c1.Cl. The quantitative estimate of drug-likeness (QED) is 0.857. The van der Waals surface area contributed by atoms with Crippen LogP contribution in [0.5, 0.6) is 5.75 Å². The van der Waals surface area contributed by atoms with Crippen LogP contribution < -0.4 is 10.5 Å². The van der Waals surface area contributed by atoms with Crippen molar-refractivity contribution in [1.29, 1.82) is 0 Å². The lowest BCUT2D eigenvalue weighted by Crippen LogP contribution is -2.24. The number of halogens is 7. The van der Waals surface area contributed by atoms with Crippen LogP contribution in [-0.2, 0) is 12.4 Å². The summed E-state index contributed by atoms with van der Waals surface area (Å²) in [5, 5.41) is 0. The number of nitrogens with two attached hydrogens (primary N) is 1. The monoisotopic (exact) mass is 323 g/mol. The summed E-state index contributed by atoms with van der Waals surface area (Å²) in [6.45, 7) is 1.33. The summed E-state index contributed by atoms with van der Waals surface area (Å²) in [4.78, 5) is 0. The van der Waals surface area contributed by atoms with Crippen LogP contribution in [0.4, 0.5) is 26.3 Å². The molecule has 0 saturated carbocycles. The van der Waals surface area contributed by atoms with Crippen LogP contribution in [0.1, 0.15) is 18.1 Å². The molecule has 0 aliphatic heterocycles. The Morgan fingerprint density at radius 2 is 1.40 bits per heavy atom. The summed E-state index contributed by atoms with van der Waals surface area (Å²) in [7, 11) is 0.